The number of hydrogen-bond donors (Lipinski definition) is 4. The summed E-state index contributed by atoms with van der Waals surface area (Å²) in [5.41, 5.74) is 7.29. The van der Waals surface area contributed by atoms with E-state index in [1.165, 1.54) is 7.11 Å². The molecule has 0 aromatic heterocycles. The summed E-state index contributed by atoms with van der Waals surface area (Å²) in [7, 11) is 1.49. The number of carbonyl (C=O) groups excluding carboxylic acids is 3. The lowest BCUT2D eigenvalue weighted by Crippen LogP contribution is -2.59. The van der Waals surface area contributed by atoms with Gasteiger partial charge in [-0.05, 0) is 45.1 Å². The van der Waals surface area contributed by atoms with Gasteiger partial charge in [-0.25, -0.2) is 9.59 Å². The van der Waals surface area contributed by atoms with Crippen molar-refractivity contribution in [3.63, 3.8) is 0 Å². The number of cyclic esters (lactones) is 1. The number of rotatable bonds is 9. The first-order valence-corrected chi connectivity index (χ1v) is 17.6. The number of amides is 1. The third-order valence-corrected chi connectivity index (χ3v) is 10.1. The van der Waals surface area contributed by atoms with Crippen LogP contribution in [0.15, 0.2) is 59.3 Å². The van der Waals surface area contributed by atoms with Crippen LogP contribution in [0.25, 0.3) is 0 Å². The van der Waals surface area contributed by atoms with Gasteiger partial charge in [-0.2, -0.15) is 0 Å². The SMILES string of the molecule is COC1/C=C/C=C(\C)CC(C)C(O)C(C)/C=C(C)/C=C(\C)C(=O)OC1C(C)C(O)C(C)C1(O)CC(OC(=O)/C=C/C(N)=O)C(C)C(C(C)C)O1. The zero-order valence-electron chi connectivity index (χ0n) is 31.7. The number of nitrogens with two attached hydrogens (primary N) is 1. The highest BCUT2D eigenvalue weighted by molar-refractivity contribution is 5.93. The van der Waals surface area contributed by atoms with Crippen molar-refractivity contribution < 1.29 is 48.7 Å². The summed E-state index contributed by atoms with van der Waals surface area (Å²) in [5, 5.41) is 34.9. The topological polar surface area (TPSA) is 175 Å². The van der Waals surface area contributed by atoms with Crippen LogP contribution in [0.4, 0.5) is 0 Å². The highest BCUT2D eigenvalue weighted by Gasteiger charge is 2.53. The molecule has 0 spiro atoms. The summed E-state index contributed by atoms with van der Waals surface area (Å²) in [4.78, 5) is 37.2. The first-order valence-electron chi connectivity index (χ1n) is 17.6. The van der Waals surface area contributed by atoms with Crippen LogP contribution in [0.1, 0.15) is 82.1 Å². The van der Waals surface area contributed by atoms with Crippen molar-refractivity contribution in [2.24, 2.45) is 41.2 Å². The van der Waals surface area contributed by atoms with Gasteiger partial charge in [-0.1, -0.05) is 83.9 Å². The quantitative estimate of drug-likeness (QED) is 0.195. The van der Waals surface area contributed by atoms with Crippen LogP contribution in [0.3, 0.4) is 0 Å². The fraction of sp³-hybridized carbons (Fsp3) is 0.667. The largest absolute Gasteiger partial charge is 0.459 e. The van der Waals surface area contributed by atoms with Crippen LogP contribution in [0, 0.1) is 35.5 Å². The molecule has 12 unspecified atom stereocenters. The third kappa shape index (κ3) is 11.7. The summed E-state index contributed by atoms with van der Waals surface area (Å²) in [6.45, 7) is 18.5. The molecule has 0 aliphatic carbocycles. The van der Waals surface area contributed by atoms with Crippen molar-refractivity contribution >= 4 is 17.8 Å². The maximum atomic E-state index is 13.5. The summed E-state index contributed by atoms with van der Waals surface area (Å²) in [6.07, 6.45) is 6.51. The molecule has 12 atom stereocenters. The van der Waals surface area contributed by atoms with E-state index < -0.39 is 72.1 Å². The molecule has 0 aromatic carbocycles. The molecule has 1 amide bonds. The first-order chi connectivity index (χ1) is 23.2. The van der Waals surface area contributed by atoms with E-state index in [-0.39, 0.29) is 30.1 Å². The second-order valence-electron chi connectivity index (χ2n) is 14.8. The van der Waals surface area contributed by atoms with Crippen LogP contribution in [0.5, 0.6) is 0 Å². The van der Waals surface area contributed by atoms with E-state index in [9.17, 15) is 29.7 Å². The second kappa shape index (κ2) is 18.9. The van der Waals surface area contributed by atoms with Crippen LogP contribution >= 0.6 is 0 Å². The van der Waals surface area contributed by atoms with E-state index in [0.29, 0.717) is 12.0 Å². The Bertz CT molecular complexity index is 1330. The van der Waals surface area contributed by atoms with Crippen molar-refractivity contribution in [2.75, 3.05) is 7.11 Å². The lowest BCUT2D eigenvalue weighted by molar-refractivity contribution is -0.329. The van der Waals surface area contributed by atoms with Crippen molar-refractivity contribution in [3.05, 3.63) is 59.3 Å². The standard InChI is InChI=1S/C39H61NO10/c1-21(2)36-27(8)31(48-33(42)16-15-32(40)41)20-39(46,50-36)29(10)35(44)28(9)37-30(47-11)14-12-13-22(3)17-24(5)34(43)25(6)18-23(4)19-26(7)38(45)49-37/h12-16,18-19,21,24-25,27-31,34-37,43-44,46H,17,20H2,1-11H3,(H2,40,41)/b14-12+,16-15+,22-13+,23-18+,26-19+. The first kappa shape index (κ1) is 43.1. The summed E-state index contributed by atoms with van der Waals surface area (Å²) in [5.74, 6) is -6.44. The number of allylic oxidation sites excluding steroid dienone is 5. The number of carbonyl (C=O) groups is 3. The number of aliphatic hydroxyl groups excluding tert-OH is 2. The molecule has 2 aliphatic heterocycles. The van der Waals surface area contributed by atoms with Gasteiger partial charge < -0.3 is 40.0 Å². The summed E-state index contributed by atoms with van der Waals surface area (Å²) in [6, 6.07) is 0. The number of aliphatic hydroxyl groups is 3. The van der Waals surface area contributed by atoms with Crippen LogP contribution in [0.2, 0.25) is 0 Å². The van der Waals surface area contributed by atoms with Gasteiger partial charge in [-0.3, -0.25) is 4.79 Å². The Morgan fingerprint density at radius 3 is 2.30 bits per heavy atom. The Morgan fingerprint density at radius 1 is 1.08 bits per heavy atom. The Hall–Kier alpha value is -3.09. The molecule has 2 aliphatic rings. The molecule has 50 heavy (non-hydrogen) atoms. The second-order valence-corrected chi connectivity index (χ2v) is 14.8. The molecule has 0 radical (unpaired) electrons. The van der Waals surface area contributed by atoms with Crippen molar-refractivity contribution in [3.8, 4) is 0 Å². The van der Waals surface area contributed by atoms with Crippen LogP contribution < -0.4 is 5.73 Å². The van der Waals surface area contributed by atoms with E-state index in [2.05, 4.69) is 0 Å². The minimum absolute atomic E-state index is 0.00918. The molecule has 1 fully saturated rings. The number of primary amides is 1. The average Bonchev–Trinajstić information content (AvgIpc) is 3.04. The van der Waals surface area contributed by atoms with Gasteiger partial charge >= 0.3 is 11.9 Å². The van der Waals surface area contributed by atoms with Crippen LogP contribution in [-0.4, -0.2) is 82.7 Å². The molecule has 2 rings (SSSR count). The van der Waals surface area contributed by atoms with Gasteiger partial charge in [0.15, 0.2) is 5.79 Å². The van der Waals surface area contributed by atoms with E-state index >= 15 is 0 Å². The fourth-order valence-electron chi connectivity index (χ4n) is 7.04. The van der Waals surface area contributed by atoms with E-state index in [4.69, 9.17) is 24.7 Å². The highest BCUT2D eigenvalue weighted by atomic mass is 16.6. The summed E-state index contributed by atoms with van der Waals surface area (Å²) >= 11 is 0. The average molecular weight is 704 g/mol. The number of methoxy groups -OCH3 is 1. The molecular weight excluding hydrogens is 642 g/mol. The normalized spacial score (nSPS) is 37.7. The molecule has 11 nitrogen and oxygen atoms in total. The smallest absolute Gasteiger partial charge is 0.334 e. The van der Waals surface area contributed by atoms with Gasteiger partial charge in [0.25, 0.3) is 0 Å². The molecule has 5 N–H and O–H groups in total. The van der Waals surface area contributed by atoms with Crippen molar-refractivity contribution in [1.82, 2.24) is 0 Å². The zero-order valence-corrected chi connectivity index (χ0v) is 31.7. The van der Waals surface area contributed by atoms with E-state index in [1.807, 2.05) is 66.7 Å². The van der Waals surface area contributed by atoms with E-state index in [0.717, 1.165) is 23.3 Å². The minimum atomic E-state index is -1.94. The third-order valence-electron chi connectivity index (χ3n) is 10.1. The lowest BCUT2D eigenvalue weighted by Gasteiger charge is -2.50. The number of hydrogen-bond acceptors (Lipinski definition) is 10. The number of esters is 2. The predicted molar refractivity (Wildman–Crippen MR) is 191 cm³/mol. The van der Waals surface area contributed by atoms with Crippen molar-refractivity contribution in [1.29, 1.82) is 0 Å². The molecule has 0 bridgehead atoms. The predicted octanol–water partition coefficient (Wildman–Crippen LogP) is 4.70. The molecule has 1 saturated heterocycles. The van der Waals surface area contributed by atoms with Gasteiger partial charge in [0, 0.05) is 54.9 Å². The molecule has 11 heteroatoms. The molecular formula is C39H61NO10. The molecule has 0 saturated carbocycles. The van der Waals surface area contributed by atoms with Gasteiger partial charge in [-0.15, -0.1) is 0 Å². The number of ether oxygens (including phenoxy) is 4. The maximum Gasteiger partial charge on any atom is 0.334 e. The van der Waals surface area contributed by atoms with Crippen LogP contribution in [-0.2, 0) is 33.3 Å². The molecule has 282 valence electrons. The fourth-order valence-corrected chi connectivity index (χ4v) is 7.04. The molecule has 2 heterocycles. The maximum absolute atomic E-state index is 13.5. The Balaban J connectivity index is 2.51. The monoisotopic (exact) mass is 703 g/mol. The zero-order chi connectivity index (χ0) is 38.1. The van der Waals surface area contributed by atoms with Gasteiger partial charge in [0.05, 0.1) is 18.3 Å². The van der Waals surface area contributed by atoms with Gasteiger partial charge in [0.1, 0.15) is 18.3 Å². The molecule has 0 aromatic rings. The summed E-state index contributed by atoms with van der Waals surface area (Å²) < 4.78 is 23.9. The minimum Gasteiger partial charge on any atom is -0.459 e. The van der Waals surface area contributed by atoms with Gasteiger partial charge in [0.2, 0.25) is 5.91 Å². The highest BCUT2D eigenvalue weighted by Crippen LogP contribution is 2.42. The lowest BCUT2D eigenvalue weighted by atomic mass is 9.76. The Labute approximate surface area is 298 Å². The van der Waals surface area contributed by atoms with E-state index in [1.54, 1.807) is 32.9 Å². The van der Waals surface area contributed by atoms with Crippen molar-refractivity contribution in [2.45, 2.75) is 124 Å². The Kier molecular flexibility index (Phi) is 16.3. The Morgan fingerprint density at radius 2 is 1.72 bits per heavy atom.